The summed E-state index contributed by atoms with van der Waals surface area (Å²) in [5.74, 6) is 0.725. The lowest BCUT2D eigenvalue weighted by Crippen LogP contribution is -2.37. The highest BCUT2D eigenvalue weighted by Gasteiger charge is 2.31. The van der Waals surface area contributed by atoms with E-state index in [0.29, 0.717) is 12.8 Å². The third-order valence-corrected chi connectivity index (χ3v) is 6.55. The molecule has 2 fully saturated rings. The third kappa shape index (κ3) is 6.67. The van der Waals surface area contributed by atoms with Gasteiger partial charge in [-0.1, -0.05) is 24.3 Å². The fourth-order valence-electron chi connectivity index (χ4n) is 4.56. The first kappa shape index (κ1) is 23.0. The first-order valence-corrected chi connectivity index (χ1v) is 11.9. The van der Waals surface area contributed by atoms with E-state index in [2.05, 4.69) is 34.1 Å². The Balaban J connectivity index is 1.21. The Bertz CT molecular complexity index is 841. The fourth-order valence-corrected chi connectivity index (χ4v) is 4.56. The molecular formula is C26H35FN2O3. The van der Waals surface area contributed by atoms with Crippen LogP contribution in [0.2, 0.25) is 0 Å². The molecule has 1 N–H and O–H groups in total. The van der Waals surface area contributed by atoms with E-state index in [4.69, 9.17) is 9.47 Å². The topological polar surface area (TPSA) is 45.2 Å². The maximum atomic E-state index is 13.8. The highest BCUT2D eigenvalue weighted by Crippen LogP contribution is 2.26. The molecule has 32 heavy (non-hydrogen) atoms. The molecule has 2 aromatic carbocycles. The van der Waals surface area contributed by atoms with Crippen LogP contribution in [-0.4, -0.2) is 66.4 Å². The van der Waals surface area contributed by atoms with Crippen LogP contribution in [0.5, 0.6) is 11.5 Å². The van der Waals surface area contributed by atoms with E-state index in [1.165, 1.54) is 37.6 Å². The zero-order valence-corrected chi connectivity index (χ0v) is 18.8. The van der Waals surface area contributed by atoms with Crippen LogP contribution in [0.25, 0.3) is 0 Å². The average Bonchev–Trinajstić information content (AvgIpc) is 3.25. The maximum Gasteiger partial charge on any atom is 0.165 e. The highest BCUT2D eigenvalue weighted by atomic mass is 19.1. The number of nitrogens with zero attached hydrogens (tertiary/aromatic N) is 2. The predicted octanol–water partition coefficient (Wildman–Crippen LogP) is 4.10. The predicted molar refractivity (Wildman–Crippen MR) is 124 cm³/mol. The summed E-state index contributed by atoms with van der Waals surface area (Å²) >= 11 is 0. The van der Waals surface area contributed by atoms with Crippen molar-refractivity contribution >= 4 is 0 Å². The number of aliphatic hydroxyl groups is 1. The second kappa shape index (κ2) is 11.1. The third-order valence-electron chi connectivity index (χ3n) is 6.55. The molecule has 1 atom stereocenters. The molecule has 0 bridgehead atoms. The molecule has 174 valence electrons. The summed E-state index contributed by atoms with van der Waals surface area (Å²) in [6.45, 7) is 6.80. The Hall–Kier alpha value is -2.15. The summed E-state index contributed by atoms with van der Waals surface area (Å²) < 4.78 is 25.3. The Kier molecular flexibility index (Phi) is 8.00. The van der Waals surface area contributed by atoms with Crippen LogP contribution in [0.15, 0.2) is 48.5 Å². The minimum atomic E-state index is -0.927. The van der Waals surface area contributed by atoms with E-state index in [9.17, 15) is 9.50 Å². The molecule has 0 aliphatic carbocycles. The van der Waals surface area contributed by atoms with E-state index >= 15 is 0 Å². The molecule has 0 spiro atoms. The first-order chi connectivity index (χ1) is 15.6. The lowest BCUT2D eigenvalue weighted by Gasteiger charge is -2.27. The summed E-state index contributed by atoms with van der Waals surface area (Å²) in [4.78, 5) is 4.82. The van der Waals surface area contributed by atoms with Crippen molar-refractivity contribution in [3.8, 4) is 11.5 Å². The Morgan fingerprint density at radius 1 is 0.844 bits per heavy atom. The second-order valence-electron chi connectivity index (χ2n) is 9.11. The number of hydrogen-bond acceptors (Lipinski definition) is 5. The fraction of sp³-hybridized carbons (Fsp3) is 0.538. The summed E-state index contributed by atoms with van der Waals surface area (Å²) in [6, 6.07) is 14.7. The van der Waals surface area contributed by atoms with Gasteiger partial charge in [-0.05, 0) is 81.6 Å². The Morgan fingerprint density at radius 2 is 1.59 bits per heavy atom. The van der Waals surface area contributed by atoms with Crippen LogP contribution in [-0.2, 0) is 6.54 Å². The quantitative estimate of drug-likeness (QED) is 0.634. The van der Waals surface area contributed by atoms with Gasteiger partial charge in [0, 0.05) is 19.6 Å². The van der Waals surface area contributed by atoms with Crippen molar-refractivity contribution in [2.75, 3.05) is 45.9 Å². The van der Waals surface area contributed by atoms with Gasteiger partial charge in [0.1, 0.15) is 19.0 Å². The normalized spacial score (nSPS) is 22.6. The molecule has 2 aliphatic heterocycles. The molecule has 2 aliphatic rings. The zero-order valence-electron chi connectivity index (χ0n) is 18.8. The van der Waals surface area contributed by atoms with Crippen LogP contribution >= 0.6 is 0 Å². The van der Waals surface area contributed by atoms with Crippen molar-refractivity contribution in [2.24, 2.45) is 0 Å². The monoisotopic (exact) mass is 442 g/mol. The largest absolute Gasteiger partial charge is 0.492 e. The van der Waals surface area contributed by atoms with Crippen LogP contribution in [0.1, 0.15) is 37.7 Å². The number of para-hydroxylation sites is 1. The van der Waals surface area contributed by atoms with Gasteiger partial charge in [-0.2, -0.15) is 0 Å². The molecule has 5 nitrogen and oxygen atoms in total. The van der Waals surface area contributed by atoms with Gasteiger partial charge in [0.2, 0.25) is 0 Å². The lowest BCUT2D eigenvalue weighted by atomic mass is 9.96. The first-order valence-electron chi connectivity index (χ1n) is 11.9. The smallest absolute Gasteiger partial charge is 0.165 e. The highest BCUT2D eigenvalue weighted by molar-refractivity contribution is 5.27. The van der Waals surface area contributed by atoms with E-state index in [-0.39, 0.29) is 12.4 Å². The lowest BCUT2D eigenvalue weighted by molar-refractivity contribution is -0.0177. The SMILES string of the molecule is OC1(COc2ccccc2F)CCCN(Cc2ccc(OCCN3CCCC3)cc2)CC1. The molecule has 1 unspecified atom stereocenters. The van der Waals surface area contributed by atoms with Crippen molar-refractivity contribution in [3.63, 3.8) is 0 Å². The summed E-state index contributed by atoms with van der Waals surface area (Å²) in [5.41, 5.74) is 0.314. The maximum absolute atomic E-state index is 13.8. The van der Waals surface area contributed by atoms with Crippen molar-refractivity contribution in [3.05, 3.63) is 59.9 Å². The van der Waals surface area contributed by atoms with Gasteiger partial charge in [0.25, 0.3) is 0 Å². The molecule has 2 heterocycles. The minimum absolute atomic E-state index is 0.116. The minimum Gasteiger partial charge on any atom is -0.492 e. The Labute approximate surface area is 190 Å². The molecule has 2 aromatic rings. The van der Waals surface area contributed by atoms with Crippen LogP contribution in [0.3, 0.4) is 0 Å². The van der Waals surface area contributed by atoms with Crippen molar-refractivity contribution in [1.82, 2.24) is 9.80 Å². The number of likely N-dealkylation sites (tertiary alicyclic amines) is 2. The van der Waals surface area contributed by atoms with Gasteiger partial charge in [-0.3, -0.25) is 9.80 Å². The molecule has 6 heteroatoms. The van der Waals surface area contributed by atoms with Gasteiger partial charge in [0.05, 0.1) is 5.60 Å². The van der Waals surface area contributed by atoms with Crippen molar-refractivity contribution in [1.29, 1.82) is 0 Å². The van der Waals surface area contributed by atoms with Crippen molar-refractivity contribution < 1.29 is 19.0 Å². The molecule has 0 radical (unpaired) electrons. The van der Waals surface area contributed by atoms with Gasteiger partial charge in [-0.25, -0.2) is 4.39 Å². The molecule has 0 aromatic heterocycles. The number of hydrogen-bond donors (Lipinski definition) is 1. The van der Waals surface area contributed by atoms with E-state index in [1.807, 2.05) is 0 Å². The Morgan fingerprint density at radius 3 is 2.38 bits per heavy atom. The second-order valence-corrected chi connectivity index (χ2v) is 9.11. The summed E-state index contributed by atoms with van der Waals surface area (Å²) in [6.07, 6.45) is 4.76. The standard InChI is InChI=1S/C26H35FN2O3/c27-24-6-1-2-7-25(24)32-21-26(30)12-5-16-29(17-13-26)20-22-8-10-23(11-9-22)31-19-18-28-14-3-4-15-28/h1-2,6-11,30H,3-5,12-21H2. The van der Waals surface area contributed by atoms with E-state index in [0.717, 1.165) is 45.0 Å². The number of rotatable bonds is 9. The van der Waals surface area contributed by atoms with E-state index in [1.54, 1.807) is 18.2 Å². The van der Waals surface area contributed by atoms with Gasteiger partial charge in [0.15, 0.2) is 11.6 Å². The van der Waals surface area contributed by atoms with Crippen LogP contribution < -0.4 is 9.47 Å². The van der Waals surface area contributed by atoms with Gasteiger partial charge >= 0.3 is 0 Å². The number of ether oxygens (including phenoxy) is 2. The van der Waals surface area contributed by atoms with Crippen LogP contribution in [0, 0.1) is 5.82 Å². The summed E-state index contributed by atoms with van der Waals surface area (Å²) in [5, 5.41) is 11.0. The average molecular weight is 443 g/mol. The van der Waals surface area contributed by atoms with E-state index < -0.39 is 11.4 Å². The number of benzene rings is 2. The molecule has 4 rings (SSSR count). The van der Waals surface area contributed by atoms with Gasteiger partial charge < -0.3 is 14.6 Å². The van der Waals surface area contributed by atoms with Crippen LogP contribution in [0.4, 0.5) is 4.39 Å². The molecule has 0 amide bonds. The summed E-state index contributed by atoms with van der Waals surface area (Å²) in [7, 11) is 0. The zero-order chi connectivity index (χ0) is 22.2. The molecule has 2 saturated heterocycles. The molecular weight excluding hydrogens is 407 g/mol. The number of halogens is 1. The van der Waals surface area contributed by atoms with Gasteiger partial charge in [-0.15, -0.1) is 0 Å². The van der Waals surface area contributed by atoms with Crippen molar-refractivity contribution in [2.45, 2.75) is 44.2 Å². The molecule has 0 saturated carbocycles.